The Kier molecular flexibility index (Phi) is 13.9. The van der Waals surface area contributed by atoms with Crippen LogP contribution in [0.2, 0.25) is 0 Å². The first kappa shape index (κ1) is 38.0. The van der Waals surface area contributed by atoms with E-state index in [1.807, 2.05) is 13.1 Å². The lowest BCUT2D eigenvalue weighted by atomic mass is 9.83. The van der Waals surface area contributed by atoms with Crippen molar-refractivity contribution >= 4 is 44.3 Å². The molecule has 6 rings (SSSR count). The molecule has 4 heterocycles. The minimum Gasteiger partial charge on any atom is -0.389 e. The van der Waals surface area contributed by atoms with Crippen LogP contribution in [0.4, 0.5) is 0 Å². The number of aryl methyl sites for hydroxylation is 2. The van der Waals surface area contributed by atoms with Crippen LogP contribution in [0.5, 0.6) is 0 Å². The van der Waals surface area contributed by atoms with Crippen LogP contribution in [0.15, 0.2) is 80.4 Å². The van der Waals surface area contributed by atoms with E-state index in [1.54, 1.807) is 11.6 Å². The summed E-state index contributed by atoms with van der Waals surface area (Å²) in [5, 5.41) is 17.1. The summed E-state index contributed by atoms with van der Waals surface area (Å²) < 4.78 is 5.03. The highest BCUT2D eigenvalue weighted by molar-refractivity contribution is 8.00. The standard InChI is InChI=1S/C40H57N6S.C3H6/c1-7-42-39-34(41-6)27-47-36(39)17-13-10-14-28(4)43-21-18-30-19-23-46-35-16-12-11-15-32(35)37-29(5)33-26-45(25-24-44(8-2)9-3)22-20-31(33)38(30)40(37)46;1-3-2/h7,11-12,15-16,20,22,26,30,34,36,39,41-43H,1,4,8-10,13-14,17-19,21,23-25,27H2,2-3,5-6H3;3H,1H2,2H3/q+1;. The third-order valence-electron chi connectivity index (χ3n) is 11.1. The summed E-state index contributed by atoms with van der Waals surface area (Å²) in [7, 11) is 2.07. The van der Waals surface area contributed by atoms with Crippen LogP contribution >= 0.6 is 11.8 Å². The van der Waals surface area contributed by atoms with Crippen molar-refractivity contribution in [3.63, 3.8) is 0 Å². The van der Waals surface area contributed by atoms with Crippen LogP contribution in [0, 0.1) is 6.92 Å². The molecule has 7 heteroatoms. The molecular weight excluding hydrogens is 633 g/mol. The minimum absolute atomic E-state index is 0.472. The lowest BCUT2D eigenvalue weighted by Gasteiger charge is -2.28. The maximum atomic E-state index is 4.43. The number of fused-ring (bicyclic) bond motifs is 5. The zero-order chi connectivity index (χ0) is 35.6. The molecule has 270 valence electrons. The Labute approximate surface area is 306 Å². The Morgan fingerprint density at radius 1 is 1.08 bits per heavy atom. The van der Waals surface area contributed by atoms with Gasteiger partial charge in [-0.05, 0) is 101 Å². The maximum Gasteiger partial charge on any atom is 0.176 e. The van der Waals surface area contributed by atoms with E-state index in [-0.39, 0.29) is 0 Å². The Morgan fingerprint density at radius 2 is 1.86 bits per heavy atom. The van der Waals surface area contributed by atoms with Crippen molar-refractivity contribution in [1.29, 1.82) is 0 Å². The van der Waals surface area contributed by atoms with Gasteiger partial charge in [-0.15, -0.1) is 6.58 Å². The van der Waals surface area contributed by atoms with E-state index in [0.717, 1.165) is 52.1 Å². The second-order valence-corrected chi connectivity index (χ2v) is 15.4. The number of thioether (sulfide) groups is 1. The Bertz CT molecular complexity index is 1750. The predicted molar refractivity (Wildman–Crippen MR) is 219 cm³/mol. The number of nitrogens with zero attached hydrogens (tertiary/aromatic N) is 3. The van der Waals surface area contributed by atoms with Crippen LogP contribution in [0.25, 0.3) is 32.6 Å². The zero-order valence-electron chi connectivity index (χ0n) is 31.6. The maximum absolute atomic E-state index is 4.43. The van der Waals surface area contributed by atoms with Gasteiger partial charge >= 0.3 is 0 Å². The molecule has 0 radical (unpaired) electrons. The molecule has 1 fully saturated rings. The van der Waals surface area contributed by atoms with E-state index in [1.165, 1.54) is 75.3 Å². The monoisotopic (exact) mass is 695 g/mol. The van der Waals surface area contributed by atoms with Crippen molar-refractivity contribution in [2.24, 2.45) is 0 Å². The molecule has 2 aromatic carbocycles. The van der Waals surface area contributed by atoms with E-state index in [4.69, 9.17) is 0 Å². The molecule has 2 aromatic heterocycles. The summed E-state index contributed by atoms with van der Waals surface area (Å²) in [5.74, 6) is 1.69. The Morgan fingerprint density at radius 3 is 2.60 bits per heavy atom. The third-order valence-corrected chi connectivity index (χ3v) is 12.6. The quantitative estimate of drug-likeness (QED) is 0.0589. The summed E-state index contributed by atoms with van der Waals surface area (Å²) in [6.45, 7) is 26.8. The molecule has 4 unspecified atom stereocenters. The molecule has 0 saturated carbocycles. The van der Waals surface area contributed by atoms with Gasteiger partial charge in [-0.1, -0.05) is 57.7 Å². The number of aromatic nitrogens is 2. The number of rotatable bonds is 17. The second-order valence-electron chi connectivity index (χ2n) is 14.1. The van der Waals surface area contributed by atoms with E-state index < -0.39 is 0 Å². The van der Waals surface area contributed by atoms with Gasteiger partial charge in [0.05, 0.1) is 18.1 Å². The largest absolute Gasteiger partial charge is 0.389 e. The van der Waals surface area contributed by atoms with Gasteiger partial charge in [0, 0.05) is 63.6 Å². The van der Waals surface area contributed by atoms with Crippen LogP contribution < -0.4 is 20.5 Å². The van der Waals surface area contributed by atoms with Gasteiger partial charge in [0.15, 0.2) is 18.9 Å². The molecule has 2 aliphatic rings. The molecule has 50 heavy (non-hydrogen) atoms. The van der Waals surface area contributed by atoms with Gasteiger partial charge in [0.1, 0.15) is 0 Å². The number of likely N-dealkylation sites (N-methyl/N-ethyl adjacent to an activating group) is 2. The number of hydrogen-bond donors (Lipinski definition) is 3. The Balaban J connectivity index is 0.00000156. The highest BCUT2D eigenvalue weighted by Crippen LogP contribution is 2.46. The minimum atomic E-state index is 0.472. The first-order valence-corrected chi connectivity index (χ1v) is 20.2. The fourth-order valence-corrected chi connectivity index (χ4v) is 10.0. The highest BCUT2D eigenvalue weighted by atomic mass is 32.2. The number of benzene rings is 2. The second kappa shape index (κ2) is 18.3. The van der Waals surface area contributed by atoms with Crippen molar-refractivity contribution in [1.82, 2.24) is 25.4 Å². The average Bonchev–Trinajstić information content (AvgIpc) is 3.68. The lowest BCUT2D eigenvalue weighted by molar-refractivity contribution is -0.695. The molecule has 0 bridgehead atoms. The van der Waals surface area contributed by atoms with Gasteiger partial charge in [-0.3, -0.25) is 4.90 Å². The number of allylic oxidation sites excluding steroid dienone is 2. The average molecular weight is 696 g/mol. The van der Waals surface area contributed by atoms with Crippen molar-refractivity contribution in [3.05, 3.63) is 91.6 Å². The number of hydrogen-bond acceptors (Lipinski definition) is 5. The summed E-state index contributed by atoms with van der Waals surface area (Å²) in [6, 6.07) is 12.5. The molecule has 0 spiro atoms. The van der Waals surface area contributed by atoms with Crippen LogP contribution in [-0.2, 0) is 13.1 Å². The molecule has 0 aliphatic carbocycles. The van der Waals surface area contributed by atoms with Gasteiger partial charge in [0.25, 0.3) is 0 Å². The molecule has 6 nitrogen and oxygen atoms in total. The number of nitrogens with one attached hydrogen (secondary N) is 3. The van der Waals surface area contributed by atoms with Crippen molar-refractivity contribution in [2.75, 3.05) is 39.0 Å². The van der Waals surface area contributed by atoms with Gasteiger partial charge in [-0.2, -0.15) is 11.8 Å². The normalized spacial score (nSPS) is 19.9. The fraction of sp³-hybridized carbons (Fsp3) is 0.512. The van der Waals surface area contributed by atoms with Gasteiger partial charge in [0.2, 0.25) is 0 Å². The molecule has 3 N–H and O–H groups in total. The SMILES string of the molecule is C=CC.C=CNC1C(NC)CSC1CCCCC(=C)NCCC1CCn2c3ccccc3c3c(C)c4c[n+](CCN(CC)CC)ccc4c1c32. The molecule has 1 saturated heterocycles. The topological polar surface area (TPSA) is 48.1 Å². The number of unbranched alkanes of at least 4 members (excludes halogenated alkanes) is 1. The van der Waals surface area contributed by atoms with Crippen molar-refractivity contribution in [2.45, 2.75) is 103 Å². The van der Waals surface area contributed by atoms with E-state index >= 15 is 0 Å². The number of para-hydroxylation sites is 1. The Hall–Kier alpha value is -3.26. The first-order valence-electron chi connectivity index (χ1n) is 19.1. The third kappa shape index (κ3) is 8.27. The van der Waals surface area contributed by atoms with E-state index in [9.17, 15) is 0 Å². The summed E-state index contributed by atoms with van der Waals surface area (Å²) in [4.78, 5) is 2.51. The highest BCUT2D eigenvalue weighted by Gasteiger charge is 2.34. The van der Waals surface area contributed by atoms with Crippen LogP contribution in [0.3, 0.4) is 0 Å². The lowest BCUT2D eigenvalue weighted by Crippen LogP contribution is -2.46. The zero-order valence-corrected chi connectivity index (χ0v) is 32.4. The first-order chi connectivity index (χ1) is 24.4. The summed E-state index contributed by atoms with van der Waals surface area (Å²) in [6.07, 6.45) is 15.4. The summed E-state index contributed by atoms with van der Waals surface area (Å²) >= 11 is 2.10. The predicted octanol–water partition coefficient (Wildman–Crippen LogP) is 8.42. The van der Waals surface area contributed by atoms with Crippen molar-refractivity contribution in [3.8, 4) is 0 Å². The summed E-state index contributed by atoms with van der Waals surface area (Å²) in [5.41, 5.74) is 7.02. The molecule has 0 amide bonds. The van der Waals surface area contributed by atoms with E-state index in [2.05, 4.69) is 132 Å². The molecule has 4 atom stereocenters. The van der Waals surface area contributed by atoms with E-state index in [0.29, 0.717) is 23.3 Å². The van der Waals surface area contributed by atoms with Crippen molar-refractivity contribution < 1.29 is 4.57 Å². The fourth-order valence-electron chi connectivity index (χ4n) is 8.37. The smallest absolute Gasteiger partial charge is 0.176 e. The molecular formula is C43H63N6S+. The molecule has 4 aromatic rings. The van der Waals surface area contributed by atoms with Crippen LogP contribution in [-0.4, -0.2) is 65.8 Å². The van der Waals surface area contributed by atoms with Crippen LogP contribution in [0.1, 0.15) is 76.3 Å². The van der Waals surface area contributed by atoms with Gasteiger partial charge in [-0.25, -0.2) is 4.57 Å². The molecule has 2 aliphatic heterocycles. The van der Waals surface area contributed by atoms with Gasteiger partial charge < -0.3 is 20.5 Å². The number of pyridine rings is 1.